The van der Waals surface area contributed by atoms with E-state index in [9.17, 15) is 9.59 Å². The van der Waals surface area contributed by atoms with Crippen LogP contribution in [0.25, 0.3) is 0 Å². The fourth-order valence-electron chi connectivity index (χ4n) is 4.83. The molecule has 5 rings (SSSR count). The Morgan fingerprint density at radius 3 is 2.59 bits per heavy atom. The topological polar surface area (TPSA) is 80.8 Å². The van der Waals surface area contributed by atoms with Gasteiger partial charge in [0.2, 0.25) is 5.91 Å². The van der Waals surface area contributed by atoms with E-state index in [-0.39, 0.29) is 17.7 Å². The van der Waals surface area contributed by atoms with Crippen LogP contribution in [0.3, 0.4) is 0 Å². The van der Waals surface area contributed by atoms with Gasteiger partial charge in [0.15, 0.2) is 0 Å². The maximum absolute atomic E-state index is 13.9. The zero-order valence-electron chi connectivity index (χ0n) is 20.6. The molecular weight excluding hydrogens is 513 g/mol. The quantitative estimate of drug-likeness (QED) is 0.369. The van der Waals surface area contributed by atoms with Gasteiger partial charge >= 0.3 is 0 Å². The molecule has 0 radical (unpaired) electrons. The van der Waals surface area contributed by atoms with Crippen molar-refractivity contribution in [2.45, 2.75) is 38.5 Å². The van der Waals surface area contributed by atoms with Gasteiger partial charge in [-0.25, -0.2) is 0 Å². The van der Waals surface area contributed by atoms with Crippen molar-refractivity contribution in [1.82, 2.24) is 9.88 Å². The van der Waals surface area contributed by atoms with Crippen LogP contribution >= 0.6 is 23.2 Å². The molecule has 1 aromatic heterocycles. The van der Waals surface area contributed by atoms with E-state index < -0.39 is 6.04 Å². The normalized spacial score (nSPS) is 15.5. The summed E-state index contributed by atoms with van der Waals surface area (Å²) < 4.78 is 10.9. The molecule has 2 heterocycles. The number of rotatable bonds is 9. The molecule has 1 aliphatic carbocycles. The van der Waals surface area contributed by atoms with Gasteiger partial charge in [-0.15, -0.1) is 0 Å². The summed E-state index contributed by atoms with van der Waals surface area (Å²) in [5.41, 5.74) is 4.40. The minimum atomic E-state index is -0.397. The first-order valence-corrected chi connectivity index (χ1v) is 12.8. The van der Waals surface area contributed by atoms with Crippen LogP contribution in [0.1, 0.15) is 51.5 Å². The monoisotopic (exact) mass is 539 g/mol. The second-order valence-corrected chi connectivity index (χ2v) is 10.2. The number of benzene rings is 2. The Morgan fingerprint density at radius 1 is 1.16 bits per heavy atom. The van der Waals surface area contributed by atoms with Crippen LogP contribution in [0.15, 0.2) is 48.8 Å². The van der Waals surface area contributed by atoms with E-state index in [4.69, 9.17) is 32.7 Å². The van der Waals surface area contributed by atoms with Crippen molar-refractivity contribution in [2.75, 3.05) is 19.5 Å². The molecular formula is C28H27Cl2N3O4. The van der Waals surface area contributed by atoms with Crippen LogP contribution in [0.5, 0.6) is 5.75 Å². The Labute approximate surface area is 225 Å². The first-order chi connectivity index (χ1) is 17.9. The zero-order chi connectivity index (χ0) is 26.1. The van der Waals surface area contributed by atoms with Gasteiger partial charge in [0.25, 0.3) is 5.91 Å². The molecule has 192 valence electrons. The van der Waals surface area contributed by atoms with Crippen molar-refractivity contribution in [3.8, 4) is 5.75 Å². The third kappa shape index (κ3) is 5.17. The average molecular weight is 540 g/mol. The maximum atomic E-state index is 13.9. The van der Waals surface area contributed by atoms with E-state index in [1.54, 1.807) is 32.7 Å². The summed E-state index contributed by atoms with van der Waals surface area (Å²) in [6.45, 7) is 0.740. The molecule has 0 saturated heterocycles. The number of fused-ring (bicyclic) bond motifs is 1. The number of amides is 2. The Balaban J connectivity index is 1.55. The molecule has 9 heteroatoms. The molecule has 0 bridgehead atoms. The number of carbonyl (C=O) groups is 2. The van der Waals surface area contributed by atoms with E-state index in [0.29, 0.717) is 52.2 Å². The predicted octanol–water partition coefficient (Wildman–Crippen LogP) is 5.83. The van der Waals surface area contributed by atoms with Crippen LogP contribution in [0.4, 0.5) is 5.69 Å². The summed E-state index contributed by atoms with van der Waals surface area (Å²) in [7, 11) is 3.23. The lowest BCUT2D eigenvalue weighted by molar-refractivity contribution is -0.117. The average Bonchev–Trinajstić information content (AvgIpc) is 3.68. The fraction of sp³-hybridized carbons (Fsp3) is 0.321. The van der Waals surface area contributed by atoms with Crippen molar-refractivity contribution < 1.29 is 19.1 Å². The molecule has 0 spiro atoms. The van der Waals surface area contributed by atoms with Gasteiger partial charge in [0, 0.05) is 44.0 Å². The number of pyridine rings is 1. The minimum absolute atomic E-state index is 0.0330. The molecule has 2 aliphatic rings. The number of nitrogens with one attached hydrogen (secondary N) is 1. The number of nitrogens with zero attached hydrogens (tertiary/aromatic N) is 2. The smallest absolute Gasteiger partial charge is 0.257 e. The van der Waals surface area contributed by atoms with Crippen molar-refractivity contribution >= 4 is 40.7 Å². The van der Waals surface area contributed by atoms with Gasteiger partial charge in [-0.1, -0.05) is 41.4 Å². The molecule has 2 amide bonds. The highest BCUT2D eigenvalue weighted by molar-refractivity contribution is 6.35. The molecule has 7 nitrogen and oxygen atoms in total. The molecule has 1 N–H and O–H groups in total. The summed E-state index contributed by atoms with van der Waals surface area (Å²) in [5.74, 6) is 0.541. The number of halogens is 2. The largest absolute Gasteiger partial charge is 0.496 e. The molecule has 1 unspecified atom stereocenters. The number of ether oxygens (including phenoxy) is 2. The van der Waals surface area contributed by atoms with Crippen LogP contribution in [0.2, 0.25) is 10.0 Å². The minimum Gasteiger partial charge on any atom is -0.496 e. The van der Waals surface area contributed by atoms with E-state index in [1.807, 2.05) is 35.2 Å². The second-order valence-electron chi connectivity index (χ2n) is 9.34. The fourth-order valence-corrected chi connectivity index (χ4v) is 5.35. The molecule has 2 aromatic carbocycles. The zero-order valence-corrected chi connectivity index (χ0v) is 22.1. The lowest BCUT2D eigenvalue weighted by Gasteiger charge is -2.30. The maximum Gasteiger partial charge on any atom is 0.257 e. The highest BCUT2D eigenvalue weighted by Crippen LogP contribution is 2.40. The standard InChI is InChI=1S/C28H27Cl2N3O4/c1-36-15-19-10-17(8-9-25(19)37-2)24(11-20-21(29)12-31-13-22(20)30)33-14-18-4-3-5-23(26(18)28(33)35)32-27(34)16-6-7-16/h3-5,8-10,12-13,16,24H,6-7,11,14-15H2,1-2H3,(H,32,34). The van der Waals surface area contributed by atoms with Crippen molar-refractivity contribution in [1.29, 1.82) is 0 Å². The van der Waals surface area contributed by atoms with Crippen molar-refractivity contribution in [3.63, 3.8) is 0 Å². The summed E-state index contributed by atoms with van der Waals surface area (Å²) >= 11 is 13.0. The van der Waals surface area contributed by atoms with Crippen molar-refractivity contribution in [2.24, 2.45) is 5.92 Å². The van der Waals surface area contributed by atoms with Crippen LogP contribution in [-0.4, -0.2) is 35.9 Å². The first kappa shape index (κ1) is 25.5. The number of carbonyl (C=O) groups excluding carboxylic acids is 2. The second kappa shape index (κ2) is 10.7. The lowest BCUT2D eigenvalue weighted by Crippen LogP contribution is -2.31. The highest BCUT2D eigenvalue weighted by atomic mass is 35.5. The molecule has 1 fully saturated rings. The Morgan fingerprint density at radius 2 is 1.92 bits per heavy atom. The number of methoxy groups -OCH3 is 2. The van der Waals surface area contributed by atoms with Gasteiger partial charge < -0.3 is 19.7 Å². The lowest BCUT2D eigenvalue weighted by atomic mass is 9.96. The molecule has 1 saturated carbocycles. The van der Waals surface area contributed by atoms with E-state index in [0.717, 1.165) is 29.5 Å². The Bertz CT molecular complexity index is 1340. The highest BCUT2D eigenvalue weighted by Gasteiger charge is 2.37. The Hall–Kier alpha value is -3.13. The molecule has 37 heavy (non-hydrogen) atoms. The summed E-state index contributed by atoms with van der Waals surface area (Å²) in [6, 6.07) is 11.0. The van der Waals surface area contributed by atoms with Gasteiger partial charge in [-0.05, 0) is 47.7 Å². The third-order valence-corrected chi connectivity index (χ3v) is 7.54. The number of aromatic nitrogens is 1. The first-order valence-electron chi connectivity index (χ1n) is 12.1. The predicted molar refractivity (Wildman–Crippen MR) is 142 cm³/mol. The molecule has 1 atom stereocenters. The van der Waals surface area contributed by atoms with Crippen LogP contribution in [0, 0.1) is 5.92 Å². The van der Waals surface area contributed by atoms with Gasteiger partial charge in [-0.3, -0.25) is 14.6 Å². The van der Waals surface area contributed by atoms with Gasteiger partial charge in [-0.2, -0.15) is 0 Å². The van der Waals surface area contributed by atoms with E-state index in [2.05, 4.69) is 10.3 Å². The van der Waals surface area contributed by atoms with Gasteiger partial charge in [0.05, 0.1) is 41.1 Å². The molecule has 1 aliphatic heterocycles. The number of hydrogen-bond acceptors (Lipinski definition) is 5. The number of anilines is 1. The van der Waals surface area contributed by atoms with Gasteiger partial charge in [0.1, 0.15) is 5.75 Å². The third-order valence-electron chi connectivity index (χ3n) is 6.89. The summed E-state index contributed by atoms with van der Waals surface area (Å²) in [4.78, 5) is 32.3. The number of hydrogen-bond donors (Lipinski definition) is 1. The van der Waals surface area contributed by atoms with E-state index in [1.165, 1.54) is 0 Å². The summed E-state index contributed by atoms with van der Waals surface area (Å²) in [5, 5.41) is 3.84. The van der Waals surface area contributed by atoms with Crippen LogP contribution < -0.4 is 10.1 Å². The van der Waals surface area contributed by atoms with Crippen LogP contribution in [-0.2, 0) is 29.1 Å². The summed E-state index contributed by atoms with van der Waals surface area (Å²) in [6.07, 6.45) is 5.25. The SMILES string of the molecule is COCc1cc(C(Cc2c(Cl)cncc2Cl)N2Cc3cccc(NC(=O)C4CC4)c3C2=O)ccc1OC. The van der Waals surface area contributed by atoms with E-state index >= 15 is 0 Å². The van der Waals surface area contributed by atoms with Crippen molar-refractivity contribution in [3.05, 3.63) is 86.7 Å². The Kier molecular flexibility index (Phi) is 7.38. The molecule has 3 aromatic rings.